The summed E-state index contributed by atoms with van der Waals surface area (Å²) in [5, 5.41) is 10.6. The smallest absolute Gasteiger partial charge is 0.172 e. The van der Waals surface area contributed by atoms with Gasteiger partial charge in [-0.25, -0.2) is 0 Å². The predicted octanol–water partition coefficient (Wildman–Crippen LogP) is 5.94. The zero-order chi connectivity index (χ0) is 20.2. The van der Waals surface area contributed by atoms with Crippen LogP contribution < -0.4 is 4.74 Å². The van der Waals surface area contributed by atoms with Crippen LogP contribution in [0.15, 0.2) is 60.4 Å². The molecule has 2 aliphatic rings. The second-order valence-electron chi connectivity index (χ2n) is 6.86. The maximum absolute atomic E-state index is 10.6. The third-order valence-corrected chi connectivity index (χ3v) is 5.73. The molecule has 0 bridgehead atoms. The molecule has 2 aromatic rings. The summed E-state index contributed by atoms with van der Waals surface area (Å²) in [6.45, 7) is 2.12. The quantitative estimate of drug-likeness (QED) is 0.640. The Hall–Kier alpha value is -2.99. The standard InChI is InChI=1S/C23H23NO4S/c1-3-7-16-10-17(19(25)11-20(16)26-2)23-18(12-24-29-23)22-14-27-13-21(28-22)15-8-5-4-6-9-15/h4-5,8,10-14,25H,3,6-7,9H2,1-2H3. The number of aromatic nitrogens is 1. The number of nitrogens with zero attached hydrogens (tertiary/aromatic N) is 1. The van der Waals surface area contributed by atoms with Crippen LogP contribution in [0.25, 0.3) is 16.2 Å². The van der Waals surface area contributed by atoms with Gasteiger partial charge in [-0.15, -0.1) is 0 Å². The zero-order valence-corrected chi connectivity index (χ0v) is 17.3. The predicted molar refractivity (Wildman–Crippen MR) is 114 cm³/mol. The highest BCUT2D eigenvalue weighted by Gasteiger charge is 2.23. The summed E-state index contributed by atoms with van der Waals surface area (Å²) in [5.74, 6) is 2.13. The number of aromatic hydroxyl groups is 1. The molecule has 0 amide bonds. The first-order valence-corrected chi connectivity index (χ1v) is 10.4. The molecule has 150 valence electrons. The van der Waals surface area contributed by atoms with Gasteiger partial charge >= 0.3 is 0 Å². The van der Waals surface area contributed by atoms with Gasteiger partial charge in [0, 0.05) is 11.6 Å². The van der Waals surface area contributed by atoms with Crippen LogP contribution in [0.1, 0.15) is 37.3 Å². The first kappa shape index (κ1) is 19.3. The molecule has 1 aromatic heterocycles. The number of hydrogen-bond donors (Lipinski definition) is 1. The molecule has 6 heteroatoms. The minimum absolute atomic E-state index is 0.153. The Labute approximate surface area is 174 Å². The minimum atomic E-state index is 0.153. The molecule has 0 saturated carbocycles. The van der Waals surface area contributed by atoms with Gasteiger partial charge in [-0.3, -0.25) is 0 Å². The fourth-order valence-electron chi connectivity index (χ4n) is 3.45. The fraction of sp³-hybridized carbons (Fsp3) is 0.261. The van der Waals surface area contributed by atoms with Gasteiger partial charge in [0.2, 0.25) is 0 Å². The molecule has 1 N–H and O–H groups in total. The fourth-order valence-corrected chi connectivity index (χ4v) is 4.23. The SMILES string of the molecule is CCCc1cc(-c2sncc2C2=COC=C(C3=CC=CCC3)O2)c(O)cc1OC. The van der Waals surface area contributed by atoms with Crippen LogP contribution in [0, 0.1) is 0 Å². The number of benzene rings is 1. The molecule has 1 aromatic carbocycles. The van der Waals surface area contributed by atoms with Gasteiger partial charge in [0.1, 0.15) is 24.0 Å². The first-order valence-electron chi connectivity index (χ1n) is 9.66. The molecule has 0 saturated heterocycles. The molecule has 1 aliphatic heterocycles. The van der Waals surface area contributed by atoms with E-state index in [9.17, 15) is 5.11 Å². The first-order chi connectivity index (χ1) is 14.2. The lowest BCUT2D eigenvalue weighted by Gasteiger charge is -2.20. The number of allylic oxidation sites excluding steroid dienone is 4. The second-order valence-corrected chi connectivity index (χ2v) is 7.66. The number of rotatable bonds is 6. The van der Waals surface area contributed by atoms with Crippen LogP contribution in [0.2, 0.25) is 0 Å². The Bertz CT molecular complexity index is 1030. The van der Waals surface area contributed by atoms with E-state index in [4.69, 9.17) is 14.2 Å². The Balaban J connectivity index is 1.68. The van der Waals surface area contributed by atoms with E-state index in [1.165, 1.54) is 11.5 Å². The van der Waals surface area contributed by atoms with Crippen LogP contribution in [0.5, 0.6) is 11.5 Å². The molecule has 1 aliphatic carbocycles. The van der Waals surface area contributed by atoms with Crippen LogP contribution >= 0.6 is 11.5 Å². The maximum Gasteiger partial charge on any atom is 0.172 e. The lowest BCUT2D eigenvalue weighted by molar-refractivity contribution is 0.285. The molecule has 5 nitrogen and oxygen atoms in total. The molecule has 29 heavy (non-hydrogen) atoms. The molecule has 0 atom stereocenters. The van der Waals surface area contributed by atoms with Crippen molar-refractivity contribution < 1.29 is 19.3 Å². The van der Waals surface area contributed by atoms with E-state index in [-0.39, 0.29) is 5.75 Å². The van der Waals surface area contributed by atoms with Crippen LogP contribution in [-0.2, 0) is 15.9 Å². The number of aryl methyl sites for hydroxylation is 1. The maximum atomic E-state index is 10.6. The van der Waals surface area contributed by atoms with Crippen LogP contribution in [0.4, 0.5) is 0 Å². The van der Waals surface area contributed by atoms with Crippen LogP contribution in [0.3, 0.4) is 0 Å². The monoisotopic (exact) mass is 409 g/mol. The number of methoxy groups -OCH3 is 1. The van der Waals surface area contributed by atoms with Crippen molar-refractivity contribution in [2.45, 2.75) is 32.6 Å². The second kappa shape index (κ2) is 8.57. The van der Waals surface area contributed by atoms with Gasteiger partial charge in [-0.1, -0.05) is 31.6 Å². The minimum Gasteiger partial charge on any atom is -0.507 e. The topological polar surface area (TPSA) is 60.8 Å². The van der Waals surface area contributed by atoms with E-state index >= 15 is 0 Å². The highest BCUT2D eigenvalue weighted by atomic mass is 32.1. The average Bonchev–Trinajstić information content (AvgIpc) is 3.25. The van der Waals surface area contributed by atoms with Gasteiger partial charge in [-0.05, 0) is 48.0 Å². The Morgan fingerprint density at radius 1 is 1.21 bits per heavy atom. The van der Waals surface area contributed by atoms with E-state index in [0.717, 1.165) is 47.3 Å². The summed E-state index contributed by atoms with van der Waals surface area (Å²) in [6, 6.07) is 3.64. The average molecular weight is 410 g/mol. The molecule has 4 rings (SSSR count). The molecule has 0 unspecified atom stereocenters. The van der Waals surface area contributed by atoms with Crippen molar-refractivity contribution in [2.75, 3.05) is 7.11 Å². The lowest BCUT2D eigenvalue weighted by atomic mass is 10.0. The summed E-state index contributed by atoms with van der Waals surface area (Å²) in [5.41, 5.74) is 3.65. The summed E-state index contributed by atoms with van der Waals surface area (Å²) in [6.07, 6.45) is 14.9. The van der Waals surface area contributed by atoms with Crippen molar-refractivity contribution >= 4 is 17.3 Å². The Morgan fingerprint density at radius 3 is 2.83 bits per heavy atom. The molecule has 0 spiro atoms. The summed E-state index contributed by atoms with van der Waals surface area (Å²) < 4.78 is 21.5. The molecule has 0 fully saturated rings. The van der Waals surface area contributed by atoms with Crippen molar-refractivity contribution in [2.24, 2.45) is 0 Å². The van der Waals surface area contributed by atoms with Gasteiger partial charge in [0.25, 0.3) is 0 Å². The van der Waals surface area contributed by atoms with Crippen LogP contribution in [-0.4, -0.2) is 16.6 Å². The van der Waals surface area contributed by atoms with Crippen molar-refractivity contribution in [3.63, 3.8) is 0 Å². The van der Waals surface area contributed by atoms with Gasteiger partial charge < -0.3 is 19.3 Å². The van der Waals surface area contributed by atoms with Gasteiger partial charge in [0.15, 0.2) is 11.5 Å². The highest BCUT2D eigenvalue weighted by Crippen LogP contribution is 2.42. The lowest BCUT2D eigenvalue weighted by Crippen LogP contribution is -2.03. The molecular formula is C23H23NO4S. The summed E-state index contributed by atoms with van der Waals surface area (Å²) in [4.78, 5) is 0.830. The Morgan fingerprint density at radius 2 is 2.07 bits per heavy atom. The number of ether oxygens (including phenoxy) is 3. The number of phenols is 1. The van der Waals surface area contributed by atoms with Crippen molar-refractivity contribution in [3.05, 3.63) is 71.5 Å². The van der Waals surface area contributed by atoms with Crippen molar-refractivity contribution in [1.82, 2.24) is 4.37 Å². The number of phenolic OH excluding ortho intramolecular Hbond substituents is 1. The largest absolute Gasteiger partial charge is 0.507 e. The molecular weight excluding hydrogens is 386 g/mol. The third kappa shape index (κ3) is 3.93. The van der Waals surface area contributed by atoms with E-state index in [0.29, 0.717) is 22.8 Å². The van der Waals surface area contributed by atoms with Crippen molar-refractivity contribution in [3.8, 4) is 21.9 Å². The van der Waals surface area contributed by atoms with Gasteiger partial charge in [0.05, 0.1) is 23.7 Å². The Kier molecular flexibility index (Phi) is 5.71. The highest BCUT2D eigenvalue weighted by molar-refractivity contribution is 7.10. The number of hydrogen-bond acceptors (Lipinski definition) is 6. The van der Waals surface area contributed by atoms with Gasteiger partial charge in [-0.2, -0.15) is 4.37 Å². The van der Waals surface area contributed by atoms with E-state index in [2.05, 4.69) is 17.4 Å². The van der Waals surface area contributed by atoms with E-state index in [1.54, 1.807) is 31.9 Å². The summed E-state index contributed by atoms with van der Waals surface area (Å²) in [7, 11) is 1.62. The normalized spacial score (nSPS) is 15.7. The summed E-state index contributed by atoms with van der Waals surface area (Å²) >= 11 is 1.32. The molecule has 2 heterocycles. The third-order valence-electron chi connectivity index (χ3n) is 4.90. The van der Waals surface area contributed by atoms with Crippen molar-refractivity contribution in [1.29, 1.82) is 0 Å². The molecule has 0 radical (unpaired) electrons. The zero-order valence-electron chi connectivity index (χ0n) is 16.5. The van der Waals surface area contributed by atoms with E-state index in [1.807, 2.05) is 18.2 Å². The van der Waals surface area contributed by atoms with E-state index < -0.39 is 0 Å².